The number of thiazole rings is 1. The molecule has 1 aromatic carbocycles. The monoisotopic (exact) mass is 305 g/mol. The SMILES string of the molecule is COc1ccc2c(c1)[nH]c(=S)n2C(C)c1nc(C)cs1. The Labute approximate surface area is 126 Å². The maximum atomic E-state index is 5.46. The zero-order valence-electron chi connectivity index (χ0n) is 11.5. The lowest BCUT2D eigenvalue weighted by Gasteiger charge is -2.12. The molecule has 6 heteroatoms. The minimum atomic E-state index is 0.114. The third kappa shape index (κ3) is 2.14. The number of rotatable bonds is 3. The van der Waals surface area contributed by atoms with Crippen LogP contribution < -0.4 is 4.74 Å². The molecule has 2 heterocycles. The van der Waals surface area contributed by atoms with Crippen LogP contribution in [0.3, 0.4) is 0 Å². The largest absolute Gasteiger partial charge is 0.497 e. The van der Waals surface area contributed by atoms with Gasteiger partial charge in [-0.1, -0.05) is 0 Å². The first-order chi connectivity index (χ1) is 9.60. The van der Waals surface area contributed by atoms with Crippen LogP contribution in [0.1, 0.15) is 23.7 Å². The number of ether oxygens (including phenoxy) is 1. The van der Waals surface area contributed by atoms with E-state index in [9.17, 15) is 0 Å². The summed E-state index contributed by atoms with van der Waals surface area (Å²) in [5.41, 5.74) is 3.09. The number of aromatic nitrogens is 3. The number of imidazole rings is 1. The molecule has 2 aromatic heterocycles. The van der Waals surface area contributed by atoms with Gasteiger partial charge < -0.3 is 14.3 Å². The molecule has 104 valence electrons. The van der Waals surface area contributed by atoms with Crippen molar-refractivity contribution in [2.75, 3.05) is 7.11 Å². The highest BCUT2D eigenvalue weighted by Crippen LogP contribution is 2.28. The number of H-pyrrole nitrogens is 1. The third-order valence-electron chi connectivity index (χ3n) is 3.31. The minimum absolute atomic E-state index is 0.114. The van der Waals surface area contributed by atoms with E-state index in [0.29, 0.717) is 4.77 Å². The van der Waals surface area contributed by atoms with Gasteiger partial charge in [0.2, 0.25) is 0 Å². The average molecular weight is 305 g/mol. The van der Waals surface area contributed by atoms with Crippen molar-refractivity contribution in [2.24, 2.45) is 0 Å². The third-order valence-corrected chi connectivity index (χ3v) is 4.74. The summed E-state index contributed by atoms with van der Waals surface area (Å²) in [6, 6.07) is 6.04. The molecular weight excluding hydrogens is 290 g/mol. The first-order valence-corrected chi connectivity index (χ1v) is 7.59. The standard InChI is InChI=1S/C14H15N3OS2/c1-8-7-20-13(15-8)9(2)17-12-5-4-10(18-3)6-11(12)16-14(17)19/h4-7,9H,1-3H3,(H,16,19). The lowest BCUT2D eigenvalue weighted by molar-refractivity contribution is 0.415. The predicted molar refractivity (Wildman–Crippen MR) is 84.3 cm³/mol. The molecule has 0 saturated carbocycles. The Morgan fingerprint density at radius 1 is 1.45 bits per heavy atom. The van der Waals surface area contributed by atoms with Crippen molar-refractivity contribution >= 4 is 34.6 Å². The van der Waals surface area contributed by atoms with E-state index >= 15 is 0 Å². The van der Waals surface area contributed by atoms with Crippen LogP contribution in [0.15, 0.2) is 23.6 Å². The molecule has 20 heavy (non-hydrogen) atoms. The van der Waals surface area contributed by atoms with Crippen molar-refractivity contribution in [3.8, 4) is 5.75 Å². The van der Waals surface area contributed by atoms with Crippen LogP contribution in [0.25, 0.3) is 11.0 Å². The Morgan fingerprint density at radius 2 is 2.25 bits per heavy atom. The van der Waals surface area contributed by atoms with Crippen molar-refractivity contribution in [2.45, 2.75) is 19.9 Å². The Hall–Kier alpha value is -1.66. The smallest absolute Gasteiger partial charge is 0.178 e. The Kier molecular flexibility index (Phi) is 3.35. The molecule has 0 aliphatic heterocycles. The first-order valence-electron chi connectivity index (χ1n) is 6.30. The molecule has 0 bridgehead atoms. The molecule has 0 amide bonds. The second kappa shape index (κ2) is 5.03. The number of aromatic amines is 1. The fraction of sp³-hybridized carbons (Fsp3) is 0.286. The van der Waals surface area contributed by atoms with Gasteiger partial charge >= 0.3 is 0 Å². The molecule has 1 unspecified atom stereocenters. The summed E-state index contributed by atoms with van der Waals surface area (Å²) in [5, 5.41) is 3.13. The van der Waals surface area contributed by atoms with E-state index < -0.39 is 0 Å². The van der Waals surface area contributed by atoms with Crippen LogP contribution in [-0.2, 0) is 0 Å². The molecule has 3 aromatic rings. The maximum absolute atomic E-state index is 5.46. The number of nitrogens with zero attached hydrogens (tertiary/aromatic N) is 2. The summed E-state index contributed by atoms with van der Waals surface area (Å²) in [7, 11) is 1.66. The van der Waals surface area contributed by atoms with Crippen LogP contribution in [0, 0.1) is 11.7 Å². The molecule has 0 spiro atoms. The van der Waals surface area contributed by atoms with E-state index in [4.69, 9.17) is 17.0 Å². The van der Waals surface area contributed by atoms with E-state index in [1.807, 2.05) is 25.1 Å². The van der Waals surface area contributed by atoms with Gasteiger partial charge in [0, 0.05) is 17.1 Å². The van der Waals surface area contributed by atoms with Gasteiger partial charge in [-0.05, 0) is 38.2 Å². The van der Waals surface area contributed by atoms with Crippen LogP contribution in [0.4, 0.5) is 0 Å². The topological polar surface area (TPSA) is 42.8 Å². The van der Waals surface area contributed by atoms with Crippen molar-refractivity contribution in [3.05, 3.63) is 39.1 Å². The molecular formula is C14H15N3OS2. The van der Waals surface area contributed by atoms with Gasteiger partial charge in [-0.3, -0.25) is 0 Å². The van der Waals surface area contributed by atoms with Crippen molar-refractivity contribution < 1.29 is 4.74 Å². The number of methoxy groups -OCH3 is 1. The number of hydrogen-bond donors (Lipinski definition) is 1. The van der Waals surface area contributed by atoms with Crippen molar-refractivity contribution in [1.29, 1.82) is 0 Å². The second-order valence-corrected chi connectivity index (χ2v) is 5.96. The van der Waals surface area contributed by atoms with Crippen molar-refractivity contribution in [1.82, 2.24) is 14.5 Å². The summed E-state index contributed by atoms with van der Waals surface area (Å²) in [4.78, 5) is 7.79. The quantitative estimate of drug-likeness (QED) is 0.741. The van der Waals surface area contributed by atoms with Gasteiger partial charge in [-0.25, -0.2) is 4.98 Å². The van der Waals surface area contributed by atoms with Gasteiger partial charge in [0.05, 0.1) is 24.2 Å². The molecule has 0 aliphatic carbocycles. The highest BCUT2D eigenvalue weighted by atomic mass is 32.1. The van der Waals surface area contributed by atoms with E-state index in [0.717, 1.165) is 27.5 Å². The van der Waals surface area contributed by atoms with Crippen LogP contribution in [-0.4, -0.2) is 21.6 Å². The average Bonchev–Trinajstić information content (AvgIpc) is 3.00. The van der Waals surface area contributed by atoms with Gasteiger partial charge in [0.25, 0.3) is 0 Å². The van der Waals surface area contributed by atoms with E-state index in [2.05, 4.69) is 26.8 Å². The summed E-state index contributed by atoms with van der Waals surface area (Å²) in [6.07, 6.45) is 0. The number of aryl methyl sites for hydroxylation is 1. The van der Waals surface area contributed by atoms with E-state index in [-0.39, 0.29) is 6.04 Å². The van der Waals surface area contributed by atoms with Crippen molar-refractivity contribution in [3.63, 3.8) is 0 Å². The fourth-order valence-electron chi connectivity index (χ4n) is 2.30. The van der Waals surface area contributed by atoms with Gasteiger partial charge in [0.1, 0.15) is 10.8 Å². The minimum Gasteiger partial charge on any atom is -0.497 e. The maximum Gasteiger partial charge on any atom is 0.178 e. The first kappa shape index (κ1) is 13.3. The highest BCUT2D eigenvalue weighted by molar-refractivity contribution is 7.71. The number of hydrogen-bond acceptors (Lipinski definition) is 4. The molecule has 0 saturated heterocycles. The summed E-state index contributed by atoms with van der Waals surface area (Å²) in [5.74, 6) is 0.818. The molecule has 0 radical (unpaired) electrons. The molecule has 0 fully saturated rings. The Balaban J connectivity index is 2.16. The number of benzene rings is 1. The number of fused-ring (bicyclic) bond motifs is 1. The van der Waals surface area contributed by atoms with Gasteiger partial charge in [-0.2, -0.15) is 0 Å². The second-order valence-electron chi connectivity index (χ2n) is 4.69. The number of nitrogens with one attached hydrogen (secondary N) is 1. The highest BCUT2D eigenvalue weighted by Gasteiger charge is 2.16. The summed E-state index contributed by atoms with van der Waals surface area (Å²) < 4.78 is 8.05. The zero-order valence-corrected chi connectivity index (χ0v) is 13.1. The molecule has 4 nitrogen and oxygen atoms in total. The Bertz CT molecular complexity index is 815. The summed E-state index contributed by atoms with van der Waals surface area (Å²) in [6.45, 7) is 4.12. The van der Waals surface area contributed by atoms with E-state index in [1.54, 1.807) is 18.4 Å². The summed E-state index contributed by atoms with van der Waals surface area (Å²) >= 11 is 7.12. The van der Waals surface area contributed by atoms with Crippen LogP contribution in [0.5, 0.6) is 5.75 Å². The molecule has 1 N–H and O–H groups in total. The van der Waals surface area contributed by atoms with Crippen LogP contribution in [0.2, 0.25) is 0 Å². The van der Waals surface area contributed by atoms with E-state index in [1.165, 1.54) is 0 Å². The fourth-order valence-corrected chi connectivity index (χ4v) is 3.51. The zero-order chi connectivity index (χ0) is 14.3. The molecule has 0 aliphatic rings. The van der Waals surface area contributed by atoms with Gasteiger partial charge in [-0.15, -0.1) is 11.3 Å². The van der Waals surface area contributed by atoms with Gasteiger partial charge in [0.15, 0.2) is 4.77 Å². The normalized spacial score (nSPS) is 12.8. The lowest BCUT2D eigenvalue weighted by atomic mass is 10.2. The van der Waals surface area contributed by atoms with Crippen LogP contribution >= 0.6 is 23.6 Å². The lowest BCUT2D eigenvalue weighted by Crippen LogP contribution is -2.06. The Morgan fingerprint density at radius 3 is 2.90 bits per heavy atom. The molecule has 3 rings (SSSR count). The molecule has 1 atom stereocenters. The predicted octanol–water partition coefficient (Wildman–Crippen LogP) is 4.08.